The molecule has 0 saturated carbocycles. The van der Waals surface area contributed by atoms with Crippen molar-refractivity contribution < 1.29 is 4.79 Å². The predicted molar refractivity (Wildman–Crippen MR) is 63.3 cm³/mol. The molecule has 2 nitrogen and oxygen atoms in total. The summed E-state index contributed by atoms with van der Waals surface area (Å²) >= 11 is 1.66. The summed E-state index contributed by atoms with van der Waals surface area (Å²) in [4.78, 5) is 10.7. The van der Waals surface area contributed by atoms with Gasteiger partial charge < -0.3 is 5.32 Å². The number of thioether (sulfide) groups is 1. The van der Waals surface area contributed by atoms with Crippen LogP contribution in [0.4, 0.5) is 5.69 Å². The van der Waals surface area contributed by atoms with Crippen LogP contribution in [-0.2, 0) is 4.79 Å². The Morgan fingerprint density at radius 3 is 2.50 bits per heavy atom. The molecule has 0 unspecified atom stereocenters. The predicted octanol–water partition coefficient (Wildman–Crippen LogP) is 2.98. The largest absolute Gasteiger partial charge is 0.326 e. The molecule has 14 heavy (non-hydrogen) atoms. The number of hydrogen-bond donors (Lipinski definition) is 1. The Bertz CT molecular complexity index is 330. The topological polar surface area (TPSA) is 29.1 Å². The lowest BCUT2D eigenvalue weighted by Gasteiger charge is -2.01. The van der Waals surface area contributed by atoms with Crippen molar-refractivity contribution in [3.05, 3.63) is 35.2 Å². The molecule has 0 saturated heterocycles. The van der Waals surface area contributed by atoms with Crippen LogP contribution in [0.2, 0.25) is 0 Å². The standard InChI is InChI=1S/C11H13NOS/c1-9(13)12-11-5-3-10(4-6-11)7-8-14-2/h3-8H,1-2H3,(H,12,13)/b8-7+. The van der Waals surface area contributed by atoms with Gasteiger partial charge in [0.25, 0.3) is 0 Å². The highest BCUT2D eigenvalue weighted by Crippen LogP contribution is 2.11. The van der Waals surface area contributed by atoms with Gasteiger partial charge in [-0.05, 0) is 35.4 Å². The summed E-state index contributed by atoms with van der Waals surface area (Å²) in [5.74, 6) is -0.0441. The number of amides is 1. The van der Waals surface area contributed by atoms with Crippen LogP contribution >= 0.6 is 11.8 Å². The lowest BCUT2D eigenvalue weighted by atomic mass is 10.2. The van der Waals surface area contributed by atoms with E-state index in [0.29, 0.717) is 0 Å². The van der Waals surface area contributed by atoms with Crippen molar-refractivity contribution in [2.24, 2.45) is 0 Å². The van der Waals surface area contributed by atoms with Crippen LogP contribution in [-0.4, -0.2) is 12.2 Å². The van der Waals surface area contributed by atoms with Gasteiger partial charge in [0.2, 0.25) is 5.91 Å². The van der Waals surface area contributed by atoms with Crippen LogP contribution in [0, 0.1) is 0 Å². The summed E-state index contributed by atoms with van der Waals surface area (Å²) in [6.07, 6.45) is 4.05. The number of rotatable bonds is 3. The quantitative estimate of drug-likeness (QED) is 0.825. The van der Waals surface area contributed by atoms with Gasteiger partial charge in [-0.2, -0.15) is 0 Å². The van der Waals surface area contributed by atoms with Crippen molar-refractivity contribution in [1.82, 2.24) is 0 Å². The molecule has 74 valence electrons. The molecule has 0 bridgehead atoms. The lowest BCUT2D eigenvalue weighted by Crippen LogP contribution is -2.05. The average Bonchev–Trinajstić information content (AvgIpc) is 2.16. The van der Waals surface area contributed by atoms with Gasteiger partial charge in [-0.1, -0.05) is 12.1 Å². The molecule has 0 radical (unpaired) electrons. The first-order chi connectivity index (χ1) is 6.72. The second-order valence-corrected chi connectivity index (χ2v) is 3.59. The third kappa shape index (κ3) is 3.66. The summed E-state index contributed by atoms with van der Waals surface area (Å²) in [5.41, 5.74) is 1.97. The van der Waals surface area contributed by atoms with Crippen LogP contribution in [0.25, 0.3) is 6.08 Å². The third-order valence-electron chi connectivity index (χ3n) is 1.63. The Balaban J connectivity index is 2.68. The summed E-state index contributed by atoms with van der Waals surface area (Å²) < 4.78 is 0. The fourth-order valence-corrected chi connectivity index (χ4v) is 1.32. The number of benzene rings is 1. The van der Waals surface area contributed by atoms with Crippen LogP contribution in [0.1, 0.15) is 12.5 Å². The number of nitrogens with one attached hydrogen (secondary N) is 1. The summed E-state index contributed by atoms with van der Waals surface area (Å²) in [7, 11) is 0. The highest BCUT2D eigenvalue weighted by atomic mass is 32.2. The van der Waals surface area contributed by atoms with Gasteiger partial charge in [-0.25, -0.2) is 0 Å². The molecular weight excluding hydrogens is 194 g/mol. The average molecular weight is 207 g/mol. The van der Waals surface area contributed by atoms with Gasteiger partial charge in [0, 0.05) is 12.6 Å². The van der Waals surface area contributed by atoms with E-state index in [4.69, 9.17) is 0 Å². The van der Waals surface area contributed by atoms with E-state index in [-0.39, 0.29) is 5.91 Å². The zero-order valence-corrected chi connectivity index (χ0v) is 9.10. The van der Waals surface area contributed by atoms with Crippen LogP contribution in [0.15, 0.2) is 29.7 Å². The van der Waals surface area contributed by atoms with E-state index < -0.39 is 0 Å². The molecule has 0 aliphatic heterocycles. The molecule has 1 rings (SSSR count). The first kappa shape index (κ1) is 10.9. The Hall–Kier alpha value is -1.22. The maximum atomic E-state index is 10.7. The maximum Gasteiger partial charge on any atom is 0.221 e. The van der Waals surface area contributed by atoms with Gasteiger partial charge in [0.15, 0.2) is 0 Å². The van der Waals surface area contributed by atoms with E-state index in [1.165, 1.54) is 6.92 Å². The molecule has 3 heteroatoms. The first-order valence-electron chi connectivity index (χ1n) is 4.29. The minimum Gasteiger partial charge on any atom is -0.326 e. The van der Waals surface area contributed by atoms with E-state index in [1.807, 2.05) is 42.0 Å². The van der Waals surface area contributed by atoms with Crippen molar-refractivity contribution in [2.45, 2.75) is 6.92 Å². The molecule has 1 aromatic carbocycles. The molecule has 1 aromatic rings. The molecule has 1 N–H and O–H groups in total. The number of carbonyl (C=O) groups excluding carboxylic acids is 1. The zero-order valence-electron chi connectivity index (χ0n) is 8.28. The van der Waals surface area contributed by atoms with Gasteiger partial charge in [-0.3, -0.25) is 4.79 Å². The lowest BCUT2D eigenvalue weighted by molar-refractivity contribution is -0.114. The van der Waals surface area contributed by atoms with Crippen molar-refractivity contribution >= 4 is 29.4 Å². The smallest absolute Gasteiger partial charge is 0.221 e. The number of carbonyl (C=O) groups is 1. The minimum atomic E-state index is -0.0441. The summed E-state index contributed by atoms with van der Waals surface area (Å²) in [5, 5.41) is 4.74. The minimum absolute atomic E-state index is 0.0441. The number of anilines is 1. The van der Waals surface area contributed by atoms with E-state index in [2.05, 4.69) is 5.32 Å². The summed E-state index contributed by atoms with van der Waals surface area (Å²) in [6.45, 7) is 1.50. The van der Waals surface area contributed by atoms with Gasteiger partial charge in [-0.15, -0.1) is 11.8 Å². The van der Waals surface area contributed by atoms with E-state index in [0.717, 1.165) is 11.3 Å². The molecule has 0 atom stereocenters. The molecular formula is C11H13NOS. The second-order valence-electron chi connectivity index (χ2n) is 2.84. The fraction of sp³-hybridized carbons (Fsp3) is 0.182. The Morgan fingerprint density at radius 2 is 2.00 bits per heavy atom. The molecule has 1 amide bonds. The molecule has 0 heterocycles. The fourth-order valence-electron chi connectivity index (χ4n) is 1.03. The Labute approximate surface area is 88.4 Å². The first-order valence-corrected chi connectivity index (χ1v) is 5.58. The van der Waals surface area contributed by atoms with Crippen molar-refractivity contribution in [3.63, 3.8) is 0 Å². The van der Waals surface area contributed by atoms with Gasteiger partial charge >= 0.3 is 0 Å². The maximum absolute atomic E-state index is 10.7. The normalized spacial score (nSPS) is 10.4. The highest BCUT2D eigenvalue weighted by molar-refractivity contribution is 8.01. The van der Waals surface area contributed by atoms with E-state index >= 15 is 0 Å². The Morgan fingerprint density at radius 1 is 1.36 bits per heavy atom. The van der Waals surface area contributed by atoms with Crippen LogP contribution in [0.3, 0.4) is 0 Å². The van der Waals surface area contributed by atoms with Gasteiger partial charge in [0.05, 0.1) is 0 Å². The second kappa shape index (κ2) is 5.50. The number of hydrogen-bond acceptors (Lipinski definition) is 2. The molecule has 0 fully saturated rings. The van der Waals surface area contributed by atoms with Gasteiger partial charge in [0.1, 0.15) is 0 Å². The van der Waals surface area contributed by atoms with E-state index in [1.54, 1.807) is 11.8 Å². The molecule has 0 spiro atoms. The van der Waals surface area contributed by atoms with Crippen LogP contribution < -0.4 is 5.32 Å². The SMILES string of the molecule is CS/C=C/c1ccc(NC(C)=O)cc1. The Kier molecular flexibility index (Phi) is 4.26. The monoisotopic (exact) mass is 207 g/mol. The molecule has 0 aliphatic rings. The van der Waals surface area contributed by atoms with Crippen molar-refractivity contribution in [1.29, 1.82) is 0 Å². The third-order valence-corrected chi connectivity index (χ3v) is 2.04. The zero-order chi connectivity index (χ0) is 10.4. The summed E-state index contributed by atoms with van der Waals surface area (Å²) in [6, 6.07) is 7.72. The van der Waals surface area contributed by atoms with E-state index in [9.17, 15) is 4.79 Å². The highest BCUT2D eigenvalue weighted by Gasteiger charge is 1.93. The van der Waals surface area contributed by atoms with Crippen LogP contribution in [0.5, 0.6) is 0 Å². The molecule has 0 aliphatic carbocycles. The van der Waals surface area contributed by atoms with Crippen molar-refractivity contribution in [2.75, 3.05) is 11.6 Å². The van der Waals surface area contributed by atoms with Crippen molar-refractivity contribution in [3.8, 4) is 0 Å². The molecule has 0 aromatic heterocycles.